The van der Waals surface area contributed by atoms with Gasteiger partial charge in [0.1, 0.15) is 11.3 Å². The highest BCUT2D eigenvalue weighted by Crippen LogP contribution is 2.43. The molecule has 0 saturated heterocycles. The van der Waals surface area contributed by atoms with Crippen molar-refractivity contribution in [1.82, 2.24) is 4.98 Å². The molecule has 0 unspecified atom stereocenters. The Kier molecular flexibility index (Phi) is 4.71. The molecule has 0 bridgehead atoms. The van der Waals surface area contributed by atoms with E-state index in [9.17, 15) is 17.2 Å². The van der Waals surface area contributed by atoms with Gasteiger partial charge in [0.25, 0.3) is 0 Å². The molecular weight excluding hydrogens is 434 g/mol. The number of halogens is 2. The number of primary sulfonamides is 1. The van der Waals surface area contributed by atoms with Gasteiger partial charge in [-0.05, 0) is 29.8 Å². The first-order valence-corrected chi connectivity index (χ1v) is 11.1. The monoisotopic (exact) mass is 452 g/mol. The zero-order valence-electron chi connectivity index (χ0n) is 16.1. The second kappa shape index (κ2) is 6.89. The van der Waals surface area contributed by atoms with Crippen LogP contribution in [0.15, 0.2) is 41.8 Å². The summed E-state index contributed by atoms with van der Waals surface area (Å²) in [4.78, 5) is 6.39. The number of thiazole rings is 1. The van der Waals surface area contributed by atoms with Gasteiger partial charge in [-0.2, -0.15) is 8.78 Å². The number of nitrogens with zero attached hydrogens (tertiary/aromatic N) is 2. The largest absolute Gasteiger partial charge is 0.431 e. The van der Waals surface area contributed by atoms with Crippen LogP contribution in [-0.4, -0.2) is 33.1 Å². The van der Waals surface area contributed by atoms with Gasteiger partial charge in [-0.1, -0.05) is 24.0 Å². The summed E-state index contributed by atoms with van der Waals surface area (Å²) < 4.78 is 55.8. The van der Waals surface area contributed by atoms with Gasteiger partial charge in [-0.25, -0.2) is 18.5 Å². The zero-order valence-corrected chi connectivity index (χ0v) is 17.7. The van der Waals surface area contributed by atoms with E-state index in [4.69, 9.17) is 5.14 Å². The van der Waals surface area contributed by atoms with Crippen LogP contribution in [0.5, 0.6) is 5.75 Å². The van der Waals surface area contributed by atoms with Crippen LogP contribution in [0.3, 0.4) is 0 Å². The van der Waals surface area contributed by atoms with E-state index in [1.807, 2.05) is 24.1 Å². The van der Waals surface area contributed by atoms with Crippen LogP contribution in [0.1, 0.15) is 12.5 Å². The van der Waals surface area contributed by atoms with E-state index in [0.29, 0.717) is 18.6 Å². The first kappa shape index (κ1) is 20.5. The lowest BCUT2D eigenvalue weighted by Gasteiger charge is -2.17. The Labute approximate surface area is 175 Å². The molecule has 3 aromatic rings. The Hall–Kier alpha value is -2.76. The zero-order chi connectivity index (χ0) is 21.8. The number of hydrogen-bond donors (Lipinski definition) is 2. The van der Waals surface area contributed by atoms with Crippen molar-refractivity contribution < 1.29 is 21.9 Å². The van der Waals surface area contributed by atoms with Crippen molar-refractivity contribution >= 4 is 53.7 Å². The number of anilines is 3. The van der Waals surface area contributed by atoms with Crippen molar-refractivity contribution in [3.8, 4) is 5.75 Å². The number of alkyl halides is 2. The van der Waals surface area contributed by atoms with Crippen molar-refractivity contribution in [1.29, 1.82) is 0 Å². The molecule has 0 atom stereocenters. The molecule has 1 aliphatic heterocycles. The third-order valence-corrected chi connectivity index (χ3v) is 6.38. The van der Waals surface area contributed by atoms with Crippen LogP contribution >= 0.6 is 11.3 Å². The molecule has 0 radical (unpaired) electrons. The van der Waals surface area contributed by atoms with Gasteiger partial charge in [-0.15, -0.1) is 0 Å². The van der Waals surface area contributed by atoms with Crippen molar-refractivity contribution in [3.63, 3.8) is 0 Å². The standard InChI is InChI=1S/C19H18F2N4O3S2/c1-10-9-25(3)17-12(10)5-7-15-16(17)24-18(29-15)23-13-8-11(30(22,26)27)4-6-14(13)28-19(2,20)21/h4-8H,1,9H2,2-3H3,(H,23,24)(H2,22,26,27). The van der Waals surface area contributed by atoms with Crippen LogP contribution in [-0.2, 0) is 10.0 Å². The highest BCUT2D eigenvalue weighted by Gasteiger charge is 2.27. The lowest BCUT2D eigenvalue weighted by molar-refractivity contribution is -0.158. The summed E-state index contributed by atoms with van der Waals surface area (Å²) in [5.41, 5.74) is 3.69. The molecular formula is C19H18F2N4O3S2. The van der Waals surface area contributed by atoms with Gasteiger partial charge in [0.2, 0.25) is 10.0 Å². The Morgan fingerprint density at radius 1 is 1.33 bits per heavy atom. The highest BCUT2D eigenvalue weighted by atomic mass is 32.2. The minimum absolute atomic E-state index is 0.0107. The number of hydrogen-bond acceptors (Lipinski definition) is 7. The van der Waals surface area contributed by atoms with Gasteiger partial charge in [0.15, 0.2) is 5.13 Å². The summed E-state index contributed by atoms with van der Waals surface area (Å²) in [6.45, 7) is 5.35. The van der Waals surface area contributed by atoms with E-state index in [1.54, 1.807) is 0 Å². The van der Waals surface area contributed by atoms with Crippen LogP contribution in [0.25, 0.3) is 15.8 Å². The molecule has 11 heteroatoms. The lowest BCUT2D eigenvalue weighted by Crippen LogP contribution is -2.20. The average Bonchev–Trinajstić information content (AvgIpc) is 3.14. The number of ether oxygens (including phenoxy) is 1. The van der Waals surface area contributed by atoms with Gasteiger partial charge in [0, 0.05) is 26.1 Å². The fraction of sp³-hybridized carbons (Fsp3) is 0.211. The fourth-order valence-corrected chi connectivity index (χ4v) is 4.76. The van der Waals surface area contributed by atoms with Crippen LogP contribution in [0.2, 0.25) is 0 Å². The Bertz CT molecular complexity index is 1280. The van der Waals surface area contributed by atoms with Gasteiger partial charge in [-0.3, -0.25) is 0 Å². The predicted molar refractivity (Wildman–Crippen MR) is 114 cm³/mol. The summed E-state index contributed by atoms with van der Waals surface area (Å²) >= 11 is 1.30. The average molecular weight is 453 g/mol. The molecule has 0 spiro atoms. The SMILES string of the molecule is C=C1CN(C)c2c1ccc1sc(Nc3cc(S(N)(=O)=O)ccc3OC(C)(F)F)nc21. The Balaban J connectivity index is 1.79. The molecule has 3 N–H and O–H groups in total. The van der Waals surface area contributed by atoms with Crippen molar-refractivity contribution in [2.45, 2.75) is 17.9 Å². The summed E-state index contributed by atoms with van der Waals surface area (Å²) in [5.74, 6) is -0.232. The van der Waals surface area contributed by atoms with E-state index in [-0.39, 0.29) is 16.3 Å². The minimum Gasteiger partial charge on any atom is -0.431 e. The molecule has 0 amide bonds. The molecule has 158 valence electrons. The molecule has 4 rings (SSSR count). The number of aromatic nitrogens is 1. The molecule has 2 aromatic carbocycles. The second-order valence-corrected chi connectivity index (χ2v) is 9.62. The smallest absolute Gasteiger partial charge is 0.394 e. The van der Waals surface area contributed by atoms with Crippen LogP contribution in [0.4, 0.5) is 25.3 Å². The number of nitrogens with one attached hydrogen (secondary N) is 1. The van der Waals surface area contributed by atoms with E-state index >= 15 is 0 Å². The number of benzene rings is 2. The normalized spacial score (nSPS) is 14.3. The fourth-order valence-electron chi connectivity index (χ4n) is 3.34. The first-order valence-electron chi connectivity index (χ1n) is 8.76. The maximum Gasteiger partial charge on any atom is 0.394 e. The van der Waals surface area contributed by atoms with Crippen molar-refractivity contribution in [2.24, 2.45) is 5.14 Å². The maximum atomic E-state index is 13.4. The number of rotatable bonds is 5. The number of nitrogens with two attached hydrogens (primary N) is 1. The van der Waals surface area contributed by atoms with Crippen LogP contribution in [0, 0.1) is 0 Å². The van der Waals surface area contributed by atoms with E-state index in [1.165, 1.54) is 11.3 Å². The van der Waals surface area contributed by atoms with Gasteiger partial charge >= 0.3 is 6.11 Å². The molecule has 0 aliphatic carbocycles. The molecule has 1 aromatic heterocycles. The molecule has 2 heterocycles. The predicted octanol–water partition coefficient (Wildman–Crippen LogP) is 4.14. The molecule has 0 saturated carbocycles. The molecule has 30 heavy (non-hydrogen) atoms. The quantitative estimate of drug-likeness (QED) is 0.604. The lowest BCUT2D eigenvalue weighted by atomic mass is 10.1. The number of fused-ring (bicyclic) bond motifs is 3. The summed E-state index contributed by atoms with van der Waals surface area (Å²) in [6, 6.07) is 7.26. The number of sulfonamides is 1. The summed E-state index contributed by atoms with van der Waals surface area (Å²) in [5, 5.41) is 8.47. The highest BCUT2D eigenvalue weighted by molar-refractivity contribution is 7.89. The third kappa shape index (κ3) is 3.83. The van der Waals surface area contributed by atoms with Crippen molar-refractivity contribution in [3.05, 3.63) is 42.5 Å². The third-order valence-electron chi connectivity index (χ3n) is 4.54. The minimum atomic E-state index is -4.04. The summed E-state index contributed by atoms with van der Waals surface area (Å²) in [7, 11) is -2.10. The van der Waals surface area contributed by atoms with E-state index < -0.39 is 16.1 Å². The van der Waals surface area contributed by atoms with Gasteiger partial charge in [0.05, 0.1) is 21.0 Å². The van der Waals surface area contributed by atoms with Crippen LogP contribution < -0.4 is 20.1 Å². The van der Waals surface area contributed by atoms with E-state index in [2.05, 4.69) is 21.6 Å². The number of likely N-dealkylation sites (N-methyl/N-ethyl adjacent to an activating group) is 1. The van der Waals surface area contributed by atoms with Crippen molar-refractivity contribution in [2.75, 3.05) is 23.8 Å². The molecule has 0 fully saturated rings. The van der Waals surface area contributed by atoms with Gasteiger partial charge < -0.3 is 15.0 Å². The topological polar surface area (TPSA) is 97.6 Å². The summed E-state index contributed by atoms with van der Waals surface area (Å²) in [6.07, 6.45) is -3.46. The Morgan fingerprint density at radius 2 is 2.07 bits per heavy atom. The molecule has 7 nitrogen and oxygen atoms in total. The Morgan fingerprint density at radius 3 is 2.73 bits per heavy atom. The van der Waals surface area contributed by atoms with E-state index in [0.717, 1.165) is 45.2 Å². The first-order chi connectivity index (χ1) is 13.9. The molecule has 1 aliphatic rings. The maximum absolute atomic E-state index is 13.4. The second-order valence-electron chi connectivity index (χ2n) is 7.02.